The second-order valence-electron chi connectivity index (χ2n) is 7.45. The van der Waals surface area contributed by atoms with Crippen LogP contribution in [0, 0.1) is 20.8 Å². The molecular formula is C25H26N2O2S. The van der Waals surface area contributed by atoms with Gasteiger partial charge < -0.3 is 10.6 Å². The Balaban J connectivity index is 1.83. The predicted octanol–water partition coefficient (Wildman–Crippen LogP) is 5.32. The summed E-state index contributed by atoms with van der Waals surface area (Å²) in [5.74, 6) is -0.632. The molecule has 0 saturated carbocycles. The van der Waals surface area contributed by atoms with E-state index in [4.69, 9.17) is 0 Å². The van der Waals surface area contributed by atoms with E-state index in [9.17, 15) is 9.59 Å². The Kier molecular flexibility index (Phi) is 6.85. The van der Waals surface area contributed by atoms with Gasteiger partial charge in [-0.25, -0.2) is 0 Å². The number of benzene rings is 2. The summed E-state index contributed by atoms with van der Waals surface area (Å²) in [5, 5.41) is 7.75. The zero-order valence-electron chi connectivity index (χ0n) is 17.7. The van der Waals surface area contributed by atoms with Crippen LogP contribution in [-0.2, 0) is 4.79 Å². The fraction of sp³-hybridized carbons (Fsp3) is 0.200. The summed E-state index contributed by atoms with van der Waals surface area (Å²) in [7, 11) is 0. The van der Waals surface area contributed by atoms with Gasteiger partial charge in [-0.2, -0.15) is 0 Å². The van der Waals surface area contributed by atoms with E-state index in [0.29, 0.717) is 5.56 Å². The molecule has 0 fully saturated rings. The molecule has 4 nitrogen and oxygen atoms in total. The standard InChI is InChI=1S/C25H26N2O2S/c1-16-7-5-8-20(14-16)24(28)27-23(15-21-9-6-12-30-21)25(29)26-19(4)22-11-10-17(2)13-18(22)3/h5-15,19H,1-4H3,(H,26,29)(H,27,28)/b23-15-/t19-/m1/s1. The maximum Gasteiger partial charge on any atom is 0.268 e. The number of thiophene rings is 1. The maximum absolute atomic E-state index is 13.1. The summed E-state index contributed by atoms with van der Waals surface area (Å²) < 4.78 is 0. The summed E-state index contributed by atoms with van der Waals surface area (Å²) in [6.45, 7) is 7.95. The predicted molar refractivity (Wildman–Crippen MR) is 123 cm³/mol. The van der Waals surface area contributed by atoms with Gasteiger partial charge >= 0.3 is 0 Å². The molecule has 0 spiro atoms. The highest BCUT2D eigenvalue weighted by molar-refractivity contribution is 7.10. The lowest BCUT2D eigenvalue weighted by atomic mass is 10.0. The normalized spacial score (nSPS) is 12.3. The number of carbonyl (C=O) groups is 2. The van der Waals surface area contributed by atoms with Gasteiger partial charge in [-0.3, -0.25) is 9.59 Å². The van der Waals surface area contributed by atoms with Gasteiger partial charge in [0, 0.05) is 10.4 Å². The molecule has 0 aliphatic rings. The highest BCUT2D eigenvalue weighted by Gasteiger charge is 2.18. The summed E-state index contributed by atoms with van der Waals surface area (Å²) >= 11 is 1.51. The Morgan fingerprint density at radius 1 is 0.967 bits per heavy atom. The van der Waals surface area contributed by atoms with Gasteiger partial charge in [0.2, 0.25) is 0 Å². The van der Waals surface area contributed by atoms with Gasteiger partial charge in [0.1, 0.15) is 5.70 Å². The number of nitrogens with one attached hydrogen (secondary N) is 2. The van der Waals surface area contributed by atoms with Crippen molar-refractivity contribution >= 4 is 29.2 Å². The smallest absolute Gasteiger partial charge is 0.268 e. The Bertz CT molecular complexity index is 1080. The van der Waals surface area contributed by atoms with Crippen LogP contribution in [0.2, 0.25) is 0 Å². The Morgan fingerprint density at radius 2 is 1.73 bits per heavy atom. The number of aryl methyl sites for hydroxylation is 3. The van der Waals surface area contributed by atoms with E-state index >= 15 is 0 Å². The van der Waals surface area contributed by atoms with Crippen LogP contribution in [0.5, 0.6) is 0 Å². The first-order valence-electron chi connectivity index (χ1n) is 9.84. The molecule has 0 unspecified atom stereocenters. The van der Waals surface area contributed by atoms with Crippen LogP contribution in [0.15, 0.2) is 65.7 Å². The Morgan fingerprint density at radius 3 is 2.40 bits per heavy atom. The zero-order chi connectivity index (χ0) is 21.7. The van der Waals surface area contributed by atoms with Crippen LogP contribution in [0.3, 0.4) is 0 Å². The molecule has 0 radical (unpaired) electrons. The first-order chi connectivity index (χ1) is 14.3. The van der Waals surface area contributed by atoms with Crippen molar-refractivity contribution in [1.82, 2.24) is 10.6 Å². The summed E-state index contributed by atoms with van der Waals surface area (Å²) in [4.78, 5) is 26.7. The largest absolute Gasteiger partial charge is 0.344 e. The average molecular weight is 419 g/mol. The third-order valence-corrected chi connectivity index (χ3v) is 5.66. The Hall–Kier alpha value is -3.18. The molecule has 154 valence electrons. The molecule has 1 heterocycles. The molecule has 2 amide bonds. The molecule has 0 aliphatic heterocycles. The minimum Gasteiger partial charge on any atom is -0.344 e. The maximum atomic E-state index is 13.1. The van der Waals surface area contributed by atoms with Crippen molar-refractivity contribution in [1.29, 1.82) is 0 Å². The lowest BCUT2D eigenvalue weighted by Gasteiger charge is -2.19. The van der Waals surface area contributed by atoms with Crippen molar-refractivity contribution in [3.8, 4) is 0 Å². The van der Waals surface area contributed by atoms with E-state index in [-0.39, 0.29) is 23.6 Å². The fourth-order valence-corrected chi connectivity index (χ4v) is 3.98. The van der Waals surface area contributed by atoms with Gasteiger partial charge in [0.05, 0.1) is 6.04 Å². The van der Waals surface area contributed by atoms with Gasteiger partial charge in [-0.05, 0) is 68.5 Å². The van der Waals surface area contributed by atoms with E-state index in [0.717, 1.165) is 21.6 Å². The van der Waals surface area contributed by atoms with E-state index in [2.05, 4.69) is 16.7 Å². The molecule has 2 N–H and O–H groups in total. The second kappa shape index (κ2) is 9.55. The molecule has 3 rings (SSSR count). The van der Waals surface area contributed by atoms with E-state index in [1.165, 1.54) is 16.9 Å². The Labute approximate surface area is 181 Å². The molecular weight excluding hydrogens is 392 g/mol. The number of rotatable bonds is 6. The first kappa shape index (κ1) is 21.5. The van der Waals surface area contributed by atoms with Crippen LogP contribution in [0.1, 0.15) is 50.5 Å². The van der Waals surface area contributed by atoms with Crippen LogP contribution in [-0.4, -0.2) is 11.8 Å². The number of hydrogen-bond acceptors (Lipinski definition) is 3. The molecule has 1 atom stereocenters. The third-order valence-electron chi connectivity index (χ3n) is 4.84. The quantitative estimate of drug-likeness (QED) is 0.532. The van der Waals surface area contributed by atoms with Crippen molar-refractivity contribution in [3.05, 3.63) is 98.4 Å². The first-order valence-corrected chi connectivity index (χ1v) is 10.7. The van der Waals surface area contributed by atoms with Crippen LogP contribution >= 0.6 is 11.3 Å². The molecule has 1 aromatic heterocycles. The molecule has 0 bridgehead atoms. The summed E-state index contributed by atoms with van der Waals surface area (Å²) in [6.07, 6.45) is 1.71. The van der Waals surface area contributed by atoms with Gasteiger partial charge in [0.25, 0.3) is 11.8 Å². The van der Waals surface area contributed by atoms with E-state index in [1.807, 2.05) is 69.5 Å². The molecule has 0 aliphatic carbocycles. The molecule has 2 aromatic carbocycles. The zero-order valence-corrected chi connectivity index (χ0v) is 18.5. The van der Waals surface area contributed by atoms with Crippen molar-refractivity contribution in [2.24, 2.45) is 0 Å². The molecule has 0 saturated heterocycles. The van der Waals surface area contributed by atoms with Crippen molar-refractivity contribution in [3.63, 3.8) is 0 Å². The van der Waals surface area contributed by atoms with Crippen molar-refractivity contribution in [2.45, 2.75) is 33.7 Å². The monoisotopic (exact) mass is 418 g/mol. The number of hydrogen-bond donors (Lipinski definition) is 2. The van der Waals surface area contributed by atoms with Gasteiger partial charge in [-0.15, -0.1) is 11.3 Å². The van der Waals surface area contributed by atoms with Crippen LogP contribution in [0.25, 0.3) is 6.08 Å². The van der Waals surface area contributed by atoms with E-state index < -0.39 is 0 Å². The average Bonchev–Trinajstić information content (AvgIpc) is 3.20. The number of amides is 2. The van der Waals surface area contributed by atoms with Gasteiger partial charge in [0.15, 0.2) is 0 Å². The topological polar surface area (TPSA) is 58.2 Å². The van der Waals surface area contributed by atoms with E-state index in [1.54, 1.807) is 18.2 Å². The third kappa shape index (κ3) is 5.45. The highest BCUT2D eigenvalue weighted by Crippen LogP contribution is 2.20. The van der Waals surface area contributed by atoms with Crippen molar-refractivity contribution < 1.29 is 9.59 Å². The molecule has 3 aromatic rings. The summed E-state index contributed by atoms with van der Waals surface area (Å²) in [5.41, 5.74) is 5.07. The summed E-state index contributed by atoms with van der Waals surface area (Å²) in [6, 6.07) is 17.1. The highest BCUT2D eigenvalue weighted by atomic mass is 32.1. The molecule has 5 heteroatoms. The number of carbonyl (C=O) groups excluding carboxylic acids is 2. The van der Waals surface area contributed by atoms with Crippen LogP contribution in [0.4, 0.5) is 0 Å². The minimum absolute atomic E-state index is 0.194. The fourth-order valence-electron chi connectivity index (χ4n) is 3.32. The lowest BCUT2D eigenvalue weighted by Crippen LogP contribution is -2.36. The van der Waals surface area contributed by atoms with Crippen molar-refractivity contribution in [2.75, 3.05) is 0 Å². The lowest BCUT2D eigenvalue weighted by molar-refractivity contribution is -0.118. The van der Waals surface area contributed by atoms with Crippen LogP contribution < -0.4 is 10.6 Å². The SMILES string of the molecule is Cc1cccc(C(=O)N/C(=C\c2cccs2)C(=O)N[C@H](C)c2ccc(C)cc2C)c1. The van der Waals surface area contributed by atoms with Gasteiger partial charge in [-0.1, -0.05) is 47.5 Å². The molecule has 30 heavy (non-hydrogen) atoms. The second-order valence-corrected chi connectivity index (χ2v) is 8.43. The minimum atomic E-state index is -0.322.